The van der Waals surface area contributed by atoms with Gasteiger partial charge in [-0.25, -0.2) is 0 Å². The van der Waals surface area contributed by atoms with Crippen molar-refractivity contribution in [1.29, 1.82) is 0 Å². The molecular formula is C12H21N3O. The number of hydrogen-bond acceptors (Lipinski definition) is 3. The summed E-state index contributed by atoms with van der Waals surface area (Å²) in [5.74, 6) is 0. The van der Waals surface area contributed by atoms with Gasteiger partial charge in [0.05, 0.1) is 12.6 Å². The van der Waals surface area contributed by atoms with Gasteiger partial charge in [-0.1, -0.05) is 19.3 Å². The molecule has 1 heterocycles. The minimum atomic E-state index is -0.346. The van der Waals surface area contributed by atoms with Crippen LogP contribution in [0.3, 0.4) is 0 Å². The predicted molar refractivity (Wildman–Crippen MR) is 63.1 cm³/mol. The van der Waals surface area contributed by atoms with Crippen molar-refractivity contribution in [3.63, 3.8) is 0 Å². The van der Waals surface area contributed by atoms with Crippen LogP contribution >= 0.6 is 0 Å². The molecule has 1 aromatic heterocycles. The van der Waals surface area contributed by atoms with Gasteiger partial charge >= 0.3 is 0 Å². The maximum absolute atomic E-state index is 9.83. The van der Waals surface area contributed by atoms with Gasteiger partial charge < -0.3 is 10.4 Å². The van der Waals surface area contributed by atoms with E-state index in [4.69, 9.17) is 0 Å². The summed E-state index contributed by atoms with van der Waals surface area (Å²) < 4.78 is 1.77. The molecule has 1 aliphatic carbocycles. The quantitative estimate of drug-likeness (QED) is 0.787. The second-order valence-electron chi connectivity index (χ2n) is 4.63. The van der Waals surface area contributed by atoms with Crippen LogP contribution in [0, 0.1) is 0 Å². The summed E-state index contributed by atoms with van der Waals surface area (Å²) in [6.07, 6.45) is 9.81. The van der Waals surface area contributed by atoms with Crippen molar-refractivity contribution < 1.29 is 5.11 Å². The third-order valence-corrected chi connectivity index (χ3v) is 3.20. The van der Waals surface area contributed by atoms with Crippen molar-refractivity contribution in [3.05, 3.63) is 18.5 Å². The zero-order chi connectivity index (χ0) is 11.2. The number of aliphatic hydroxyl groups excluding tert-OH is 1. The van der Waals surface area contributed by atoms with E-state index in [-0.39, 0.29) is 6.10 Å². The number of nitrogens with zero attached hydrogens (tertiary/aromatic N) is 2. The van der Waals surface area contributed by atoms with Crippen LogP contribution in [0.4, 0.5) is 0 Å². The minimum Gasteiger partial charge on any atom is -0.390 e. The van der Waals surface area contributed by atoms with Crippen molar-refractivity contribution >= 4 is 0 Å². The van der Waals surface area contributed by atoms with Crippen LogP contribution < -0.4 is 5.32 Å². The molecule has 1 aromatic rings. The number of rotatable bonds is 5. The van der Waals surface area contributed by atoms with Crippen molar-refractivity contribution in [3.8, 4) is 0 Å². The third kappa shape index (κ3) is 3.61. The van der Waals surface area contributed by atoms with E-state index in [0.29, 0.717) is 19.1 Å². The lowest BCUT2D eigenvalue weighted by molar-refractivity contribution is 0.140. The van der Waals surface area contributed by atoms with E-state index in [1.165, 1.54) is 32.1 Å². The fraction of sp³-hybridized carbons (Fsp3) is 0.750. The molecule has 1 unspecified atom stereocenters. The molecule has 0 aliphatic heterocycles. The van der Waals surface area contributed by atoms with E-state index >= 15 is 0 Å². The fourth-order valence-electron chi connectivity index (χ4n) is 2.30. The molecule has 0 spiro atoms. The first-order chi connectivity index (χ1) is 7.84. The first-order valence-corrected chi connectivity index (χ1v) is 6.23. The number of aliphatic hydroxyl groups is 1. The van der Waals surface area contributed by atoms with E-state index in [2.05, 4.69) is 10.4 Å². The maximum atomic E-state index is 9.83. The standard InChI is InChI=1S/C12H21N3O/c16-12(10-15-8-4-7-14-15)9-13-11-5-2-1-3-6-11/h4,7-8,11-13,16H,1-3,5-6,9-10H2. The Hall–Kier alpha value is -0.870. The van der Waals surface area contributed by atoms with E-state index in [9.17, 15) is 5.11 Å². The number of hydrogen-bond donors (Lipinski definition) is 2. The summed E-state index contributed by atoms with van der Waals surface area (Å²) in [4.78, 5) is 0. The Morgan fingerprint density at radius 3 is 2.88 bits per heavy atom. The molecule has 4 heteroatoms. The van der Waals surface area contributed by atoms with Crippen molar-refractivity contribution in [2.24, 2.45) is 0 Å². The Morgan fingerprint density at radius 2 is 2.19 bits per heavy atom. The Kier molecular flexibility index (Phi) is 4.36. The first-order valence-electron chi connectivity index (χ1n) is 6.23. The topological polar surface area (TPSA) is 50.1 Å². The van der Waals surface area contributed by atoms with E-state index in [1.54, 1.807) is 10.9 Å². The highest BCUT2D eigenvalue weighted by Gasteiger charge is 2.14. The van der Waals surface area contributed by atoms with Crippen LogP contribution in [0.15, 0.2) is 18.5 Å². The van der Waals surface area contributed by atoms with Crippen LogP contribution in [-0.2, 0) is 6.54 Å². The van der Waals surface area contributed by atoms with Gasteiger partial charge in [-0.15, -0.1) is 0 Å². The van der Waals surface area contributed by atoms with Crippen molar-refractivity contribution in [2.75, 3.05) is 6.54 Å². The SMILES string of the molecule is OC(CNC1CCCCC1)Cn1cccn1. The number of nitrogens with one attached hydrogen (secondary N) is 1. The van der Waals surface area contributed by atoms with Crippen LogP contribution in [0.1, 0.15) is 32.1 Å². The minimum absolute atomic E-state index is 0.346. The van der Waals surface area contributed by atoms with Gasteiger partial charge in [0.1, 0.15) is 0 Å². The summed E-state index contributed by atoms with van der Waals surface area (Å²) in [7, 11) is 0. The van der Waals surface area contributed by atoms with E-state index in [0.717, 1.165) is 0 Å². The first kappa shape index (κ1) is 11.6. The summed E-state index contributed by atoms with van der Waals surface area (Å²) in [6.45, 7) is 1.25. The molecule has 1 atom stereocenters. The Morgan fingerprint density at radius 1 is 1.38 bits per heavy atom. The van der Waals surface area contributed by atoms with Gasteiger partial charge in [-0.2, -0.15) is 5.10 Å². The van der Waals surface area contributed by atoms with E-state index in [1.807, 2.05) is 12.3 Å². The Bertz CT molecular complexity index is 280. The second-order valence-corrected chi connectivity index (χ2v) is 4.63. The molecule has 0 saturated heterocycles. The lowest BCUT2D eigenvalue weighted by Crippen LogP contribution is -2.38. The lowest BCUT2D eigenvalue weighted by atomic mass is 9.95. The van der Waals surface area contributed by atoms with Crippen LogP contribution in [-0.4, -0.2) is 33.6 Å². The molecule has 0 amide bonds. The van der Waals surface area contributed by atoms with Gasteiger partial charge in [0.15, 0.2) is 0 Å². The molecule has 0 radical (unpaired) electrons. The molecule has 0 aromatic carbocycles. The summed E-state index contributed by atoms with van der Waals surface area (Å²) in [5.41, 5.74) is 0. The molecule has 90 valence electrons. The zero-order valence-corrected chi connectivity index (χ0v) is 9.68. The highest BCUT2D eigenvalue weighted by molar-refractivity contribution is 4.79. The highest BCUT2D eigenvalue weighted by Crippen LogP contribution is 2.17. The van der Waals surface area contributed by atoms with Crippen molar-refractivity contribution in [2.45, 2.75) is 50.8 Å². The van der Waals surface area contributed by atoms with Crippen LogP contribution in [0.25, 0.3) is 0 Å². The van der Waals surface area contributed by atoms with E-state index < -0.39 is 0 Å². The van der Waals surface area contributed by atoms with Gasteiger partial charge in [-0.3, -0.25) is 4.68 Å². The molecule has 16 heavy (non-hydrogen) atoms. The molecule has 2 rings (SSSR count). The summed E-state index contributed by atoms with van der Waals surface area (Å²) in [6, 6.07) is 2.49. The van der Waals surface area contributed by atoms with Crippen molar-refractivity contribution in [1.82, 2.24) is 15.1 Å². The molecular weight excluding hydrogens is 202 g/mol. The molecule has 0 bridgehead atoms. The van der Waals surface area contributed by atoms with Crippen LogP contribution in [0.5, 0.6) is 0 Å². The van der Waals surface area contributed by atoms with Crippen LogP contribution in [0.2, 0.25) is 0 Å². The lowest BCUT2D eigenvalue weighted by Gasteiger charge is -2.24. The largest absolute Gasteiger partial charge is 0.390 e. The molecule has 1 aliphatic rings. The highest BCUT2D eigenvalue weighted by atomic mass is 16.3. The molecule has 1 fully saturated rings. The average Bonchev–Trinajstić information content (AvgIpc) is 2.81. The van der Waals surface area contributed by atoms with Gasteiger partial charge in [0.25, 0.3) is 0 Å². The Balaban J connectivity index is 1.65. The maximum Gasteiger partial charge on any atom is 0.0860 e. The molecule has 2 N–H and O–H groups in total. The zero-order valence-electron chi connectivity index (χ0n) is 9.68. The fourth-order valence-corrected chi connectivity index (χ4v) is 2.30. The number of aromatic nitrogens is 2. The van der Waals surface area contributed by atoms with Gasteiger partial charge in [0, 0.05) is 25.0 Å². The Labute approximate surface area is 96.7 Å². The van der Waals surface area contributed by atoms with Gasteiger partial charge in [-0.05, 0) is 18.9 Å². The summed E-state index contributed by atoms with van der Waals surface area (Å²) in [5, 5.41) is 17.4. The normalized spacial score (nSPS) is 19.8. The molecule has 4 nitrogen and oxygen atoms in total. The predicted octanol–water partition coefficient (Wildman–Crippen LogP) is 1.17. The molecule has 1 saturated carbocycles. The monoisotopic (exact) mass is 223 g/mol. The average molecular weight is 223 g/mol. The van der Waals surface area contributed by atoms with Gasteiger partial charge in [0.2, 0.25) is 0 Å². The summed E-state index contributed by atoms with van der Waals surface area (Å²) >= 11 is 0. The smallest absolute Gasteiger partial charge is 0.0860 e. The third-order valence-electron chi connectivity index (χ3n) is 3.20. The second kappa shape index (κ2) is 6.01.